The fourth-order valence-electron chi connectivity index (χ4n) is 1.42. The van der Waals surface area contributed by atoms with Crippen molar-refractivity contribution >= 4 is 23.8 Å². The molecule has 7 heteroatoms. The van der Waals surface area contributed by atoms with Gasteiger partial charge < -0.3 is 10.2 Å². The van der Waals surface area contributed by atoms with Crippen LogP contribution in [0, 0.1) is 4.77 Å². The predicted molar refractivity (Wildman–Crippen MR) is 68.5 cm³/mol. The Labute approximate surface area is 108 Å². The maximum Gasteiger partial charge on any atom is 0.214 e. The number of H-pyrrole nitrogens is 1. The van der Waals surface area contributed by atoms with Crippen LogP contribution in [-0.4, -0.2) is 22.0 Å². The molecule has 0 aliphatic heterocycles. The second kappa shape index (κ2) is 5.20. The molecule has 0 saturated carbocycles. The summed E-state index contributed by atoms with van der Waals surface area (Å²) >= 11 is 10.9. The Hall–Kier alpha value is -1.53. The Morgan fingerprint density at radius 3 is 3.06 bits per heavy atom. The second-order valence-corrected chi connectivity index (χ2v) is 4.15. The van der Waals surface area contributed by atoms with E-state index in [4.69, 9.17) is 28.6 Å². The fraction of sp³-hybridized carbons (Fsp3) is 0.200. The smallest absolute Gasteiger partial charge is 0.214 e. The lowest BCUT2D eigenvalue weighted by molar-refractivity contribution is 0.410. The maximum atomic E-state index is 5.94. The number of aromatic amines is 1. The Morgan fingerprint density at radius 2 is 2.41 bits per heavy atom. The van der Waals surface area contributed by atoms with Crippen molar-refractivity contribution in [2.24, 2.45) is 0 Å². The van der Waals surface area contributed by atoms with Crippen molar-refractivity contribution in [1.29, 1.82) is 0 Å². The van der Waals surface area contributed by atoms with Crippen LogP contribution in [0.2, 0.25) is 5.02 Å². The lowest BCUT2D eigenvalue weighted by Gasteiger charge is -2.10. The highest BCUT2D eigenvalue weighted by Crippen LogP contribution is 2.22. The zero-order valence-corrected chi connectivity index (χ0v) is 10.7. The number of methoxy groups -OCH3 is 1. The molecule has 0 aliphatic rings. The van der Waals surface area contributed by atoms with Crippen molar-refractivity contribution < 1.29 is 4.74 Å². The van der Waals surface area contributed by atoms with E-state index in [1.807, 2.05) is 12.1 Å². The summed E-state index contributed by atoms with van der Waals surface area (Å²) in [7, 11) is 1.62. The lowest BCUT2D eigenvalue weighted by atomic mass is 10.2. The number of aromatic nitrogens is 3. The molecular weight excluding hydrogens is 260 g/mol. The van der Waals surface area contributed by atoms with Crippen molar-refractivity contribution in [3.63, 3.8) is 0 Å². The molecule has 0 radical (unpaired) electrons. The van der Waals surface area contributed by atoms with Gasteiger partial charge in [0.2, 0.25) is 4.77 Å². The summed E-state index contributed by atoms with van der Waals surface area (Å²) in [5.74, 6) is 0.775. The van der Waals surface area contributed by atoms with E-state index in [9.17, 15) is 0 Å². The summed E-state index contributed by atoms with van der Waals surface area (Å²) in [6, 6.07) is 5.46. The number of benzene rings is 1. The molecule has 0 bridgehead atoms. The number of nitrogens with one attached hydrogen (secondary N) is 2. The molecule has 1 heterocycles. The molecule has 17 heavy (non-hydrogen) atoms. The Balaban J connectivity index is 2.16. The van der Waals surface area contributed by atoms with Gasteiger partial charge >= 0.3 is 0 Å². The fourth-order valence-corrected chi connectivity index (χ4v) is 1.78. The largest absolute Gasteiger partial charge is 0.496 e. The van der Waals surface area contributed by atoms with E-state index in [0.717, 1.165) is 11.3 Å². The molecule has 0 amide bonds. The van der Waals surface area contributed by atoms with E-state index in [0.29, 0.717) is 16.3 Å². The van der Waals surface area contributed by atoms with Crippen LogP contribution in [-0.2, 0) is 6.54 Å². The van der Waals surface area contributed by atoms with Gasteiger partial charge in [-0.3, -0.25) is 5.10 Å². The van der Waals surface area contributed by atoms with Gasteiger partial charge in [0.25, 0.3) is 0 Å². The van der Waals surface area contributed by atoms with E-state index in [-0.39, 0.29) is 0 Å². The van der Waals surface area contributed by atoms with E-state index in [1.165, 1.54) is 0 Å². The van der Waals surface area contributed by atoms with E-state index >= 15 is 0 Å². The first kappa shape index (κ1) is 11.9. The van der Waals surface area contributed by atoms with Crippen LogP contribution in [0.25, 0.3) is 0 Å². The molecule has 0 spiro atoms. The first-order valence-electron chi connectivity index (χ1n) is 4.89. The average molecular weight is 271 g/mol. The van der Waals surface area contributed by atoms with Crippen molar-refractivity contribution in [1.82, 2.24) is 14.9 Å². The van der Waals surface area contributed by atoms with Gasteiger partial charge in [0.1, 0.15) is 12.1 Å². The quantitative estimate of drug-likeness (QED) is 0.838. The van der Waals surface area contributed by atoms with Crippen LogP contribution in [0.4, 0.5) is 0 Å². The van der Waals surface area contributed by atoms with Gasteiger partial charge in [-0.25, -0.2) is 4.68 Å². The molecule has 0 unspecified atom stereocenters. The third kappa shape index (κ3) is 2.78. The van der Waals surface area contributed by atoms with E-state index in [2.05, 4.69) is 15.6 Å². The molecule has 1 aromatic carbocycles. The lowest BCUT2D eigenvalue weighted by Crippen LogP contribution is -2.13. The molecule has 2 N–H and O–H groups in total. The Morgan fingerprint density at radius 1 is 1.59 bits per heavy atom. The minimum Gasteiger partial charge on any atom is -0.496 e. The van der Waals surface area contributed by atoms with Crippen molar-refractivity contribution in [3.8, 4) is 5.75 Å². The molecular formula is C10H11ClN4OS. The van der Waals surface area contributed by atoms with Gasteiger partial charge in [0.05, 0.1) is 13.7 Å². The minimum atomic E-state index is 0.506. The maximum absolute atomic E-state index is 5.94. The number of ether oxygens (including phenoxy) is 1. The second-order valence-electron chi connectivity index (χ2n) is 3.32. The van der Waals surface area contributed by atoms with Gasteiger partial charge in [-0.1, -0.05) is 11.6 Å². The third-order valence-corrected chi connectivity index (χ3v) is 2.76. The zero-order chi connectivity index (χ0) is 12.3. The predicted octanol–water partition coefficient (Wildman–Crippen LogP) is 2.35. The number of hydrogen-bond acceptors (Lipinski definition) is 4. The van der Waals surface area contributed by atoms with Crippen LogP contribution in [0.5, 0.6) is 5.75 Å². The van der Waals surface area contributed by atoms with E-state index in [1.54, 1.807) is 24.2 Å². The van der Waals surface area contributed by atoms with Gasteiger partial charge in [-0.2, -0.15) is 5.10 Å². The van der Waals surface area contributed by atoms with Crippen molar-refractivity contribution in [3.05, 3.63) is 39.9 Å². The van der Waals surface area contributed by atoms with Gasteiger partial charge in [0.15, 0.2) is 0 Å². The number of nitrogens with zero attached hydrogens (tertiary/aromatic N) is 2. The summed E-state index contributed by atoms with van der Waals surface area (Å²) < 4.78 is 7.37. The number of rotatable bonds is 4. The van der Waals surface area contributed by atoms with Crippen molar-refractivity contribution in [2.75, 3.05) is 12.5 Å². The van der Waals surface area contributed by atoms with Gasteiger partial charge in [0, 0.05) is 10.6 Å². The van der Waals surface area contributed by atoms with Crippen LogP contribution in [0.3, 0.4) is 0 Å². The van der Waals surface area contributed by atoms with Crippen LogP contribution in [0.15, 0.2) is 24.5 Å². The van der Waals surface area contributed by atoms with Gasteiger partial charge in [-0.05, 0) is 30.4 Å². The summed E-state index contributed by atoms with van der Waals surface area (Å²) in [5, 5.41) is 7.13. The highest BCUT2D eigenvalue weighted by Gasteiger charge is 2.04. The van der Waals surface area contributed by atoms with Crippen LogP contribution >= 0.6 is 23.8 Å². The zero-order valence-electron chi connectivity index (χ0n) is 9.11. The standard InChI is InChI=1S/C10H11ClN4OS/c1-16-9-3-2-8(11)4-7(9)5-13-15-6-12-14-10(15)17/h2-4,6,13H,5H2,1H3,(H,14,17). The monoisotopic (exact) mass is 270 g/mol. The molecule has 2 rings (SSSR count). The highest BCUT2D eigenvalue weighted by molar-refractivity contribution is 7.71. The van der Waals surface area contributed by atoms with Crippen LogP contribution in [0.1, 0.15) is 5.56 Å². The normalized spacial score (nSPS) is 10.2. The minimum absolute atomic E-state index is 0.506. The average Bonchev–Trinajstić information content (AvgIpc) is 2.72. The molecule has 90 valence electrons. The molecule has 0 atom stereocenters. The number of halogens is 1. The molecule has 0 aliphatic carbocycles. The molecule has 5 nitrogen and oxygen atoms in total. The molecule has 1 aromatic heterocycles. The number of hydrogen-bond donors (Lipinski definition) is 2. The highest BCUT2D eigenvalue weighted by atomic mass is 35.5. The first-order chi connectivity index (χ1) is 8.20. The van der Waals surface area contributed by atoms with E-state index < -0.39 is 0 Å². The molecule has 0 fully saturated rings. The van der Waals surface area contributed by atoms with Gasteiger partial charge in [-0.15, -0.1) is 0 Å². The van der Waals surface area contributed by atoms with Crippen molar-refractivity contribution in [2.45, 2.75) is 6.54 Å². The summed E-state index contributed by atoms with van der Waals surface area (Å²) in [5.41, 5.74) is 4.04. The summed E-state index contributed by atoms with van der Waals surface area (Å²) in [6.07, 6.45) is 1.57. The Bertz CT molecular complexity index is 565. The topological polar surface area (TPSA) is 54.9 Å². The molecule has 2 aromatic rings. The first-order valence-corrected chi connectivity index (χ1v) is 5.67. The summed E-state index contributed by atoms with van der Waals surface area (Å²) in [6.45, 7) is 0.539. The third-order valence-electron chi connectivity index (χ3n) is 2.23. The summed E-state index contributed by atoms with van der Waals surface area (Å²) in [4.78, 5) is 0. The van der Waals surface area contributed by atoms with Crippen LogP contribution < -0.4 is 10.2 Å². The Kier molecular flexibility index (Phi) is 3.65. The SMILES string of the molecule is COc1ccc(Cl)cc1CNn1cn[nH]c1=S. The molecule has 0 saturated heterocycles.